The van der Waals surface area contributed by atoms with E-state index >= 15 is 0 Å². The van der Waals surface area contributed by atoms with Crippen LogP contribution in [0.25, 0.3) is 21.8 Å². The number of nitrogens with one attached hydrogen (secondary N) is 13. The number of Topliss-reactive ketones (excluding diaryl/α,β-unsaturated/α-hetero) is 1. The third-order valence-corrected chi connectivity index (χ3v) is 16.4. The van der Waals surface area contributed by atoms with Crippen molar-refractivity contribution in [2.24, 2.45) is 34.8 Å². The molecule has 0 fully saturated rings. The standard InChI is InChI=1S/C63H97N17O15/c1-5-34(2)52(79-56(89)44(69-4)22-23-51(85)86)62(95)75-46(20-11-13-25-65)57(90)74-45(19-10-12-24-64)58(91)77-49(33-82)61(94)76-47(28-38-31-72-42-18-9-7-16-40(38)42)59(92)78-48(32-81)60(93)73-43(21-14-26-70-63(67)68)50(84)29-36(55(88)80-53(35(3)83)54(66)87)27-37-30-71-41-17-8-6-15-39(37)41/h6-9,15-18,30-31,34-36,43-49,52-53,69,71-72,81-83H,5,10-14,19-29,32-33,64-65H2,1-4H3,(H2,66,87)(H,73,93)(H,74,90)(H,75,95)(H,76,94)(H,77,91)(H,78,92)(H,79,89)(H,80,88)(H,85,86)(H4,67,68,70)/t34-,35+,36+,43-,44-,45-,46-,47-,48-,49-,52-,53-/m0/s1. The molecular formula is C63H97N17O15. The van der Waals surface area contributed by atoms with Crippen molar-refractivity contribution in [2.45, 2.75) is 171 Å². The number of rotatable bonds is 45. The highest BCUT2D eigenvalue weighted by Crippen LogP contribution is 2.25. The molecule has 2 aromatic heterocycles. The molecule has 0 unspecified atom stereocenters. The van der Waals surface area contributed by atoms with Crippen molar-refractivity contribution < 1.29 is 73.2 Å². The molecule has 4 aromatic rings. The molecule has 0 saturated carbocycles. The number of carboxylic acid groups (broad SMARTS) is 1. The van der Waals surface area contributed by atoms with Gasteiger partial charge in [0.2, 0.25) is 53.2 Å². The average Bonchev–Trinajstić information content (AvgIpc) is 1.75. The monoisotopic (exact) mass is 1330 g/mol. The van der Waals surface area contributed by atoms with Gasteiger partial charge >= 0.3 is 5.97 Å². The molecular weight excluding hydrogens is 1230 g/mol. The lowest BCUT2D eigenvalue weighted by atomic mass is 9.89. The predicted molar refractivity (Wildman–Crippen MR) is 352 cm³/mol. The molecule has 12 atom stereocenters. The lowest BCUT2D eigenvalue weighted by Crippen LogP contribution is -2.61. The van der Waals surface area contributed by atoms with Gasteiger partial charge in [-0.25, -0.2) is 0 Å². The molecule has 0 bridgehead atoms. The summed E-state index contributed by atoms with van der Waals surface area (Å²) in [5.74, 6) is -12.2. The maximum absolute atomic E-state index is 14.6. The minimum absolute atomic E-state index is 0.0325. The largest absolute Gasteiger partial charge is 0.481 e. The topological polar surface area (TPSA) is 548 Å². The Kier molecular flexibility index (Phi) is 33.2. The van der Waals surface area contributed by atoms with E-state index in [9.17, 15) is 73.2 Å². The molecule has 4 rings (SSSR count). The second-order valence-corrected chi connectivity index (χ2v) is 23.6. The second kappa shape index (κ2) is 40.2. The van der Waals surface area contributed by atoms with Crippen LogP contribution in [0.5, 0.6) is 0 Å². The van der Waals surface area contributed by atoms with Gasteiger partial charge in [-0.15, -0.1) is 0 Å². The van der Waals surface area contributed by atoms with Crippen molar-refractivity contribution in [3.05, 3.63) is 72.1 Å². The average molecular weight is 1330 g/mol. The highest BCUT2D eigenvalue weighted by Gasteiger charge is 2.37. The van der Waals surface area contributed by atoms with Crippen molar-refractivity contribution in [3.63, 3.8) is 0 Å². The first-order valence-electron chi connectivity index (χ1n) is 31.9. The Balaban J connectivity index is 1.62. The molecule has 2 heterocycles. The number of carbonyl (C=O) groups is 11. The fraction of sp³-hybridized carbons (Fsp3) is 0.556. The molecule has 0 saturated heterocycles. The number of nitrogens with two attached hydrogens (primary N) is 4. The molecule has 524 valence electrons. The first kappa shape index (κ1) is 78.4. The van der Waals surface area contributed by atoms with Crippen LogP contribution in [0.3, 0.4) is 0 Å². The maximum atomic E-state index is 14.6. The third kappa shape index (κ3) is 25.0. The minimum Gasteiger partial charge on any atom is -0.481 e. The van der Waals surface area contributed by atoms with Crippen molar-refractivity contribution in [1.82, 2.24) is 63.1 Å². The number of guanidine groups is 1. The van der Waals surface area contributed by atoms with E-state index in [1.54, 1.807) is 74.8 Å². The number of unbranched alkanes of at least 4 members (excludes halogenated alkanes) is 2. The minimum atomic E-state index is -1.82. The van der Waals surface area contributed by atoms with Crippen molar-refractivity contribution >= 4 is 92.7 Å². The number of carbonyl (C=O) groups excluding carboxylic acids is 10. The zero-order valence-corrected chi connectivity index (χ0v) is 54.2. The van der Waals surface area contributed by atoms with Crippen LogP contribution < -0.4 is 76.1 Å². The predicted octanol–water partition coefficient (Wildman–Crippen LogP) is -3.24. The molecule has 32 heteroatoms. The summed E-state index contributed by atoms with van der Waals surface area (Å²) < 4.78 is 0. The number of aliphatic hydroxyl groups is 3. The van der Waals surface area contributed by atoms with Gasteiger partial charge in [-0.1, -0.05) is 56.7 Å². The van der Waals surface area contributed by atoms with Gasteiger partial charge in [0.1, 0.15) is 42.3 Å². The van der Waals surface area contributed by atoms with Gasteiger partial charge in [0, 0.05) is 65.9 Å². The maximum Gasteiger partial charge on any atom is 0.303 e. The van der Waals surface area contributed by atoms with Crippen LogP contribution >= 0.6 is 0 Å². The summed E-state index contributed by atoms with van der Waals surface area (Å²) in [7, 11) is 1.47. The summed E-state index contributed by atoms with van der Waals surface area (Å²) >= 11 is 0. The molecule has 0 radical (unpaired) electrons. The fourth-order valence-corrected chi connectivity index (χ4v) is 10.6. The van der Waals surface area contributed by atoms with E-state index in [0.717, 1.165) is 10.9 Å². The molecule has 0 aliphatic rings. The molecule has 25 N–H and O–H groups in total. The number of aromatic amines is 2. The molecule has 32 nitrogen and oxygen atoms in total. The van der Waals surface area contributed by atoms with Crippen LogP contribution in [0.1, 0.15) is 109 Å². The van der Waals surface area contributed by atoms with E-state index in [1.807, 2.05) is 0 Å². The number of aliphatic carboxylic acids is 1. The summed E-state index contributed by atoms with van der Waals surface area (Å²) in [6, 6.07) is 1.06. The Morgan fingerprint density at radius 2 is 0.979 bits per heavy atom. The number of aliphatic hydroxyl groups excluding tert-OH is 3. The van der Waals surface area contributed by atoms with Gasteiger partial charge in [-0.2, -0.15) is 0 Å². The van der Waals surface area contributed by atoms with Crippen LogP contribution in [0, 0.1) is 17.2 Å². The summed E-state index contributed by atoms with van der Waals surface area (Å²) in [5, 5.41) is 75.9. The highest BCUT2D eigenvalue weighted by molar-refractivity contribution is 5.99. The molecule has 95 heavy (non-hydrogen) atoms. The zero-order chi connectivity index (χ0) is 70.3. The van der Waals surface area contributed by atoms with Crippen LogP contribution in [0.2, 0.25) is 0 Å². The van der Waals surface area contributed by atoms with E-state index in [0.29, 0.717) is 47.7 Å². The van der Waals surface area contributed by atoms with E-state index in [2.05, 4.69) is 63.1 Å². The first-order chi connectivity index (χ1) is 45.3. The Hall–Kier alpha value is -9.08. The summed E-state index contributed by atoms with van der Waals surface area (Å²) in [4.78, 5) is 158. The number of hydrogen-bond donors (Lipinski definition) is 21. The number of ketones is 1. The van der Waals surface area contributed by atoms with E-state index in [1.165, 1.54) is 14.0 Å². The molecule has 9 amide bonds. The van der Waals surface area contributed by atoms with Crippen LogP contribution in [0.4, 0.5) is 0 Å². The first-order valence-corrected chi connectivity index (χ1v) is 31.9. The van der Waals surface area contributed by atoms with Crippen molar-refractivity contribution in [1.29, 1.82) is 5.41 Å². The number of primary amides is 1. The van der Waals surface area contributed by atoms with E-state index in [4.69, 9.17) is 28.3 Å². The number of aromatic nitrogens is 2. The number of benzene rings is 2. The number of likely N-dealkylation sites (N-methyl/N-ethyl adjacent to an activating group) is 1. The van der Waals surface area contributed by atoms with Gasteiger partial charge in [0.15, 0.2) is 11.7 Å². The molecule has 0 spiro atoms. The lowest BCUT2D eigenvalue weighted by Gasteiger charge is -2.29. The summed E-state index contributed by atoms with van der Waals surface area (Å²) in [6.45, 7) is 3.12. The number of amides is 9. The van der Waals surface area contributed by atoms with Crippen LogP contribution in [0.15, 0.2) is 60.9 Å². The van der Waals surface area contributed by atoms with Crippen molar-refractivity contribution in [2.75, 3.05) is 39.9 Å². The van der Waals surface area contributed by atoms with E-state index < -0.39 is 157 Å². The smallest absolute Gasteiger partial charge is 0.303 e. The SMILES string of the molecule is CC[C@H](C)[C@H](NC(=O)[C@H](CCC(=O)O)NC)C(=O)N[C@@H](CCCCN)C(=O)N[C@@H](CCCCN)C(=O)N[C@@H](CO)C(=O)N[C@@H](Cc1c[nH]c2ccccc12)C(=O)N[C@@H](CO)C(=O)N[C@@H](CCCNC(=N)N)C(=O)C[C@@H](Cc1c[nH]c2ccccc12)C(=O)N[C@H](C(N)=O)[C@@H](C)O. The van der Waals surface area contributed by atoms with E-state index in [-0.39, 0.29) is 83.4 Å². The van der Waals surface area contributed by atoms with Gasteiger partial charge in [0.05, 0.1) is 31.4 Å². The van der Waals surface area contributed by atoms with Gasteiger partial charge in [-0.3, -0.25) is 58.1 Å². The summed E-state index contributed by atoms with van der Waals surface area (Å²) in [5.41, 5.74) is 25.0. The Labute approximate surface area is 550 Å². The Morgan fingerprint density at radius 1 is 0.537 bits per heavy atom. The quantitative estimate of drug-likeness (QED) is 0.0117. The number of fused-ring (bicyclic) bond motifs is 2. The Bertz CT molecular complexity index is 3230. The van der Waals surface area contributed by atoms with Gasteiger partial charge in [0.25, 0.3) is 0 Å². The number of H-pyrrole nitrogens is 2. The van der Waals surface area contributed by atoms with Crippen molar-refractivity contribution in [3.8, 4) is 0 Å². The highest BCUT2D eigenvalue weighted by atomic mass is 16.4. The molecule has 0 aliphatic heterocycles. The fourth-order valence-electron chi connectivity index (χ4n) is 10.6. The second-order valence-electron chi connectivity index (χ2n) is 23.6. The number of para-hydroxylation sites is 2. The van der Waals surface area contributed by atoms with Gasteiger partial charge in [-0.05, 0) is 120 Å². The van der Waals surface area contributed by atoms with Crippen LogP contribution in [-0.4, -0.2) is 202 Å². The molecule has 2 aromatic carbocycles. The molecule has 0 aliphatic carbocycles. The normalized spacial score (nSPS) is 15.1. The lowest BCUT2D eigenvalue weighted by molar-refractivity contribution is -0.138. The van der Waals surface area contributed by atoms with Gasteiger partial charge < -0.3 is 106 Å². The van der Waals surface area contributed by atoms with Crippen LogP contribution in [-0.2, 0) is 65.6 Å². The third-order valence-electron chi connectivity index (χ3n) is 16.4. The number of carboxylic acids is 1. The summed E-state index contributed by atoms with van der Waals surface area (Å²) in [6.07, 6.45) is 2.27. The number of hydrogen-bond acceptors (Lipinski definition) is 18. The Morgan fingerprint density at radius 3 is 1.45 bits per heavy atom. The zero-order valence-electron chi connectivity index (χ0n) is 54.2.